The minimum absolute atomic E-state index is 0. The molecule has 0 saturated carbocycles. The standard InChI is InChI=1S/Ca.2F2HNS/c;2*1-4(2)3/h;2*3H. The van der Waals surface area contributed by atoms with Crippen LogP contribution in [0.3, 0.4) is 0 Å². The van der Waals surface area contributed by atoms with E-state index < -0.39 is 22.9 Å². The second kappa shape index (κ2) is 12.0. The Kier molecular flexibility index (Phi) is 22.3. The van der Waals surface area contributed by atoms with E-state index in [1.54, 1.807) is 0 Å². The molecule has 2 radical (unpaired) electrons. The molecule has 9 heteroatoms. The molecule has 0 aromatic carbocycles. The van der Waals surface area contributed by atoms with Gasteiger partial charge in [-0.05, 0) is 0 Å². The maximum Gasteiger partial charge on any atom is 0.258 e. The Morgan fingerprint density at radius 2 is 0.778 bits per heavy atom. The van der Waals surface area contributed by atoms with Crippen LogP contribution in [0.1, 0.15) is 0 Å². The second-order valence-corrected chi connectivity index (χ2v) is 1.28. The number of hydrogen-bond acceptors (Lipinski definition) is 2. The van der Waals surface area contributed by atoms with E-state index >= 15 is 0 Å². The average Bonchev–Trinajstić information content (AvgIpc) is 1.25. The van der Waals surface area contributed by atoms with Gasteiger partial charge in [-0.3, -0.25) is 0 Å². The maximum atomic E-state index is 10.0. The van der Waals surface area contributed by atoms with Crippen LogP contribution in [-0.4, -0.2) is 37.7 Å². The molecule has 9 heavy (non-hydrogen) atoms. The molecule has 0 amide bonds. The fraction of sp³-hybridized carbons (Fsp3) is 0. The molecule has 0 aliphatic heterocycles. The van der Waals surface area contributed by atoms with Crippen LogP contribution in [0, 0.1) is 9.56 Å². The van der Waals surface area contributed by atoms with Crippen molar-refractivity contribution in [1.82, 2.24) is 0 Å². The molecule has 2 N–H and O–H groups in total. The van der Waals surface area contributed by atoms with Gasteiger partial charge in [0.2, 0.25) is 0 Å². The Labute approximate surface area is 85.0 Å². The van der Waals surface area contributed by atoms with Gasteiger partial charge < -0.3 is 0 Å². The third kappa shape index (κ3) is 300. The van der Waals surface area contributed by atoms with Crippen molar-refractivity contribution in [3.8, 4) is 0 Å². The summed E-state index contributed by atoms with van der Waals surface area (Å²) in [5.74, 6) is 0. The Balaban J connectivity index is -0.0000000720. The summed E-state index contributed by atoms with van der Waals surface area (Å²) in [7, 11) is 0. The first kappa shape index (κ1) is 16.7. The molecule has 0 bridgehead atoms. The Morgan fingerprint density at radius 3 is 0.778 bits per heavy atom. The van der Waals surface area contributed by atoms with E-state index in [1.807, 2.05) is 0 Å². The molecule has 0 aromatic rings. The van der Waals surface area contributed by atoms with E-state index in [1.165, 1.54) is 0 Å². The molecule has 0 atom stereocenters. The van der Waals surface area contributed by atoms with Crippen LogP contribution >= 0.6 is 0 Å². The minimum Gasteiger partial charge on any atom is -0.222 e. The number of rotatable bonds is 0. The molecule has 0 heterocycles. The van der Waals surface area contributed by atoms with Crippen LogP contribution in [0.5, 0.6) is 0 Å². The van der Waals surface area contributed by atoms with Crippen molar-refractivity contribution < 1.29 is 15.5 Å². The van der Waals surface area contributed by atoms with Gasteiger partial charge in [-0.1, -0.05) is 0 Å². The van der Waals surface area contributed by atoms with Crippen LogP contribution in [0.4, 0.5) is 15.5 Å². The molecule has 0 aromatic heterocycles. The van der Waals surface area contributed by atoms with Crippen molar-refractivity contribution in [2.24, 2.45) is 0 Å². The molecule has 0 fully saturated rings. The third-order valence-corrected chi connectivity index (χ3v) is 0. The van der Waals surface area contributed by atoms with Crippen molar-refractivity contribution >= 4 is 60.7 Å². The SMILES string of the molecule is N=S(F)F.N=S(F)F.[Ca]. The van der Waals surface area contributed by atoms with E-state index in [2.05, 4.69) is 0 Å². The summed E-state index contributed by atoms with van der Waals surface area (Å²) in [6.45, 7) is 0. The molecular formula is H2CaF4N2S2. The largest absolute Gasteiger partial charge is 0.258 e. The second-order valence-electron chi connectivity index (χ2n) is 0.425. The van der Waals surface area contributed by atoms with Crippen molar-refractivity contribution in [3.63, 3.8) is 0 Å². The molecule has 2 nitrogen and oxygen atoms in total. The van der Waals surface area contributed by atoms with Crippen molar-refractivity contribution in [1.29, 1.82) is 9.56 Å². The van der Waals surface area contributed by atoms with Gasteiger partial charge >= 0.3 is 0 Å². The molecule has 0 saturated heterocycles. The first-order valence-electron chi connectivity index (χ1n) is 1.03. The predicted octanol–water partition coefficient (Wildman–Crippen LogP) is 1.89. The zero-order chi connectivity index (χ0) is 7.15. The van der Waals surface area contributed by atoms with Crippen molar-refractivity contribution in [2.45, 2.75) is 0 Å². The molecule has 54 valence electrons. The summed E-state index contributed by atoms with van der Waals surface area (Å²) in [6.07, 6.45) is 0. The van der Waals surface area contributed by atoms with Gasteiger partial charge in [0.1, 0.15) is 0 Å². The van der Waals surface area contributed by atoms with Crippen LogP contribution in [0.15, 0.2) is 0 Å². The molecule has 0 aliphatic rings. The van der Waals surface area contributed by atoms with Gasteiger partial charge in [0, 0.05) is 37.7 Å². The van der Waals surface area contributed by atoms with Crippen LogP contribution in [0.2, 0.25) is 0 Å². The summed E-state index contributed by atoms with van der Waals surface area (Å²) < 4.78 is 50.7. The quantitative estimate of drug-likeness (QED) is 0.453. The van der Waals surface area contributed by atoms with Gasteiger partial charge in [0.05, 0.1) is 0 Å². The van der Waals surface area contributed by atoms with Crippen LogP contribution < -0.4 is 0 Å². The maximum absolute atomic E-state index is 10.0. The van der Waals surface area contributed by atoms with Crippen molar-refractivity contribution in [2.75, 3.05) is 0 Å². The van der Waals surface area contributed by atoms with E-state index in [0.717, 1.165) is 0 Å². The fourth-order valence-corrected chi connectivity index (χ4v) is 0. The van der Waals surface area contributed by atoms with E-state index in [0.29, 0.717) is 0 Å². The zero-order valence-electron chi connectivity index (χ0n) is 4.04. The summed E-state index contributed by atoms with van der Waals surface area (Å²) in [4.78, 5) is 0. The summed E-state index contributed by atoms with van der Waals surface area (Å²) in [5, 5.41) is 0. The van der Waals surface area contributed by atoms with E-state index in [4.69, 9.17) is 9.56 Å². The normalized spacial score (nSPS) is 7.78. The Bertz CT molecular complexity index is 74.6. The summed E-state index contributed by atoms with van der Waals surface area (Å²) in [5.41, 5.74) is 0. The number of hydrogen-bond donors (Lipinski definition) is 2. The monoisotopic (exact) mass is 210 g/mol. The fourth-order valence-electron chi connectivity index (χ4n) is 0. The summed E-state index contributed by atoms with van der Waals surface area (Å²) in [6, 6.07) is 0. The molecule has 0 spiro atoms. The molecular weight excluding hydrogens is 208 g/mol. The first-order valence-corrected chi connectivity index (χ1v) is 3.08. The van der Waals surface area contributed by atoms with Gasteiger partial charge in [-0.2, -0.15) is 0 Å². The zero-order valence-corrected chi connectivity index (χ0v) is 7.88. The topological polar surface area (TPSA) is 47.7 Å². The van der Waals surface area contributed by atoms with E-state index in [-0.39, 0.29) is 37.7 Å². The Hall–Kier alpha value is 1.28. The van der Waals surface area contributed by atoms with Gasteiger partial charge in [-0.25, -0.2) is 9.56 Å². The molecule has 0 rings (SSSR count). The van der Waals surface area contributed by atoms with Gasteiger partial charge in [0.25, 0.3) is 22.9 Å². The third-order valence-electron chi connectivity index (χ3n) is 0. The Morgan fingerprint density at radius 1 is 0.778 bits per heavy atom. The number of nitrogens with one attached hydrogen (secondary N) is 2. The van der Waals surface area contributed by atoms with Crippen LogP contribution in [-0.2, 0) is 22.9 Å². The minimum atomic E-state index is -3.11. The molecule has 0 aliphatic carbocycles. The van der Waals surface area contributed by atoms with Crippen LogP contribution in [0.25, 0.3) is 0 Å². The number of halogens is 4. The summed E-state index contributed by atoms with van der Waals surface area (Å²) >= 11 is -6.22. The van der Waals surface area contributed by atoms with E-state index in [9.17, 15) is 15.5 Å². The van der Waals surface area contributed by atoms with Crippen molar-refractivity contribution in [3.05, 3.63) is 0 Å². The average molecular weight is 210 g/mol. The first-order chi connectivity index (χ1) is 3.46. The van der Waals surface area contributed by atoms with Gasteiger partial charge in [-0.15, -0.1) is 15.5 Å². The smallest absolute Gasteiger partial charge is 0.222 e. The van der Waals surface area contributed by atoms with Gasteiger partial charge in [0.15, 0.2) is 0 Å². The predicted molar refractivity (Wildman–Crippen MR) is 30.4 cm³/mol. The molecule has 0 unspecified atom stereocenters.